The van der Waals surface area contributed by atoms with Crippen LogP contribution in [0.1, 0.15) is 32.4 Å². The number of hydrogen-bond acceptors (Lipinski definition) is 5. The summed E-state index contributed by atoms with van der Waals surface area (Å²) in [6.07, 6.45) is -2.42. The van der Waals surface area contributed by atoms with Gasteiger partial charge >= 0.3 is 0 Å². The Labute approximate surface area is 171 Å². The van der Waals surface area contributed by atoms with Crippen molar-refractivity contribution in [3.05, 3.63) is 46.5 Å². The lowest BCUT2D eigenvalue weighted by molar-refractivity contribution is -0.252. The van der Waals surface area contributed by atoms with Gasteiger partial charge in [0, 0.05) is 30.1 Å². The molecule has 1 atom stereocenters. The van der Waals surface area contributed by atoms with Crippen LogP contribution in [0.2, 0.25) is 0 Å². The van der Waals surface area contributed by atoms with Crippen LogP contribution in [0.15, 0.2) is 35.3 Å². The van der Waals surface area contributed by atoms with Gasteiger partial charge in [0.1, 0.15) is 24.1 Å². The van der Waals surface area contributed by atoms with Crippen molar-refractivity contribution < 1.29 is 23.4 Å². The van der Waals surface area contributed by atoms with Crippen LogP contribution in [0.5, 0.6) is 5.75 Å². The predicted octanol–water partition coefficient (Wildman–Crippen LogP) is 2.75. The van der Waals surface area contributed by atoms with E-state index >= 15 is 0 Å². The molecule has 1 amide bonds. The molecule has 0 aliphatic heterocycles. The summed E-state index contributed by atoms with van der Waals surface area (Å²) < 4.78 is 33.7. The van der Waals surface area contributed by atoms with E-state index in [4.69, 9.17) is 4.74 Å². The van der Waals surface area contributed by atoms with Crippen molar-refractivity contribution in [3.8, 4) is 5.75 Å². The van der Waals surface area contributed by atoms with Gasteiger partial charge in [0.15, 0.2) is 0 Å². The fourth-order valence-corrected chi connectivity index (χ4v) is 3.58. The Kier molecular flexibility index (Phi) is 6.19. The van der Waals surface area contributed by atoms with E-state index in [0.717, 1.165) is 0 Å². The highest BCUT2D eigenvalue weighted by Crippen LogP contribution is 2.30. The molecule has 3 rings (SSSR count). The van der Waals surface area contributed by atoms with E-state index in [9.17, 15) is 23.5 Å². The molecule has 7 nitrogen and oxygen atoms in total. The molecule has 1 aromatic carbocycles. The number of alkyl halides is 2. The Hall–Kier alpha value is -3.23. The molecular formula is C21H22F2N3O4-. The Balaban J connectivity index is 2.00. The number of benzene rings is 1. The van der Waals surface area contributed by atoms with Gasteiger partial charge in [-0.2, -0.15) is 0 Å². The highest BCUT2D eigenvalue weighted by atomic mass is 19.3. The highest BCUT2D eigenvalue weighted by molar-refractivity contribution is 6.06. The second-order valence-electron chi connectivity index (χ2n) is 7.53. The Bertz CT molecular complexity index is 1140. The normalized spacial score (nSPS) is 12.6. The van der Waals surface area contributed by atoms with E-state index < -0.39 is 29.8 Å². The van der Waals surface area contributed by atoms with Crippen LogP contribution in [-0.4, -0.2) is 28.3 Å². The first kappa shape index (κ1) is 21.5. The molecule has 0 aliphatic carbocycles. The Morgan fingerprint density at radius 3 is 2.63 bits per heavy atom. The fraction of sp³-hybridized carbons (Fsp3) is 0.381. The lowest BCUT2D eigenvalue weighted by Gasteiger charge is -2.22. The third kappa shape index (κ3) is 4.34. The number of halogens is 2. The number of fused-ring (bicyclic) bond motifs is 3. The van der Waals surface area contributed by atoms with E-state index in [1.54, 1.807) is 18.2 Å². The summed E-state index contributed by atoms with van der Waals surface area (Å²) in [6, 6.07) is 6.05. The van der Waals surface area contributed by atoms with Gasteiger partial charge in [-0.25, -0.2) is 8.78 Å². The van der Waals surface area contributed by atoms with Crippen molar-refractivity contribution in [2.45, 2.75) is 32.7 Å². The average Bonchev–Trinajstić information content (AvgIpc) is 2.68. The molecule has 3 aromatic rings. The van der Waals surface area contributed by atoms with Gasteiger partial charge in [-0.05, 0) is 30.5 Å². The zero-order valence-electron chi connectivity index (χ0n) is 16.8. The average molecular weight is 418 g/mol. The molecule has 1 unspecified atom stereocenters. The van der Waals surface area contributed by atoms with Gasteiger partial charge < -0.3 is 24.5 Å². The van der Waals surface area contributed by atoms with Crippen molar-refractivity contribution in [3.63, 3.8) is 0 Å². The van der Waals surface area contributed by atoms with Crippen molar-refractivity contribution in [1.29, 1.82) is 0 Å². The van der Waals surface area contributed by atoms with Crippen molar-refractivity contribution in [1.82, 2.24) is 14.9 Å². The van der Waals surface area contributed by atoms with Crippen LogP contribution in [0, 0.1) is 5.92 Å². The number of amides is 1. The second kappa shape index (κ2) is 8.64. The number of hydrogen-bond donors (Lipinski definition) is 1. The zero-order valence-corrected chi connectivity index (χ0v) is 16.8. The molecule has 0 bridgehead atoms. The lowest BCUT2D eigenvalue weighted by Crippen LogP contribution is -2.46. The summed E-state index contributed by atoms with van der Waals surface area (Å²) in [4.78, 5) is 27.3. The minimum absolute atomic E-state index is 0.0820. The number of pyridine rings is 2. The SMILES string of the molecule is CC(C)CC(COc1ccc2c3ccnc(C(F)F)c3c(=O)n(C)c2c1)NC(=O)[O-]. The number of carbonyl (C=O) groups excluding carboxylic acids is 1. The van der Waals surface area contributed by atoms with E-state index in [1.807, 2.05) is 13.8 Å². The first-order valence-corrected chi connectivity index (χ1v) is 9.48. The third-order valence-corrected chi connectivity index (χ3v) is 4.86. The molecule has 0 saturated heterocycles. The molecule has 0 radical (unpaired) electrons. The summed E-state index contributed by atoms with van der Waals surface area (Å²) in [7, 11) is 1.50. The zero-order chi connectivity index (χ0) is 22.0. The molecule has 0 saturated carbocycles. The monoisotopic (exact) mass is 418 g/mol. The van der Waals surface area contributed by atoms with Crippen LogP contribution in [-0.2, 0) is 7.05 Å². The molecule has 30 heavy (non-hydrogen) atoms. The summed E-state index contributed by atoms with van der Waals surface area (Å²) in [5.74, 6) is 0.667. The summed E-state index contributed by atoms with van der Waals surface area (Å²) in [6.45, 7) is 4.01. The smallest absolute Gasteiger partial charge is 0.281 e. The summed E-state index contributed by atoms with van der Waals surface area (Å²) in [5, 5.41) is 14.1. The van der Waals surface area contributed by atoms with E-state index in [0.29, 0.717) is 28.5 Å². The van der Waals surface area contributed by atoms with Crippen LogP contribution < -0.4 is 20.7 Å². The van der Waals surface area contributed by atoms with E-state index in [1.165, 1.54) is 23.9 Å². The van der Waals surface area contributed by atoms with Crippen molar-refractivity contribution >= 4 is 27.8 Å². The van der Waals surface area contributed by atoms with Crippen LogP contribution in [0.25, 0.3) is 21.7 Å². The lowest BCUT2D eigenvalue weighted by atomic mass is 10.0. The molecule has 2 heterocycles. The standard InChI is InChI=1S/C21H23F2N3O4/c1-11(2)8-12(25-21(28)29)10-30-13-4-5-14-15-6-7-24-18(19(22)23)17(15)20(27)26(3)16(14)9-13/h4-7,9,11-12,19,25H,8,10H2,1-3H3,(H,28,29)/p-1. The van der Waals surface area contributed by atoms with Crippen LogP contribution >= 0.6 is 0 Å². The molecule has 9 heteroatoms. The summed E-state index contributed by atoms with van der Waals surface area (Å²) >= 11 is 0. The number of rotatable bonds is 7. The van der Waals surface area contributed by atoms with Gasteiger partial charge in [0.25, 0.3) is 12.0 Å². The molecule has 160 valence electrons. The largest absolute Gasteiger partial charge is 0.530 e. The summed E-state index contributed by atoms with van der Waals surface area (Å²) in [5.41, 5.74) is -0.612. The molecule has 0 spiro atoms. The molecule has 2 aromatic heterocycles. The number of aryl methyl sites for hydroxylation is 1. The van der Waals surface area contributed by atoms with E-state index in [2.05, 4.69) is 10.3 Å². The predicted molar refractivity (Wildman–Crippen MR) is 107 cm³/mol. The third-order valence-electron chi connectivity index (χ3n) is 4.86. The highest BCUT2D eigenvalue weighted by Gasteiger charge is 2.19. The number of nitrogens with one attached hydrogen (secondary N) is 1. The number of ether oxygens (including phenoxy) is 1. The minimum Gasteiger partial charge on any atom is -0.530 e. The Morgan fingerprint density at radius 1 is 1.27 bits per heavy atom. The van der Waals surface area contributed by atoms with Gasteiger partial charge in [0.05, 0.1) is 16.9 Å². The fourth-order valence-electron chi connectivity index (χ4n) is 3.58. The number of nitrogens with zero attached hydrogens (tertiary/aromatic N) is 2. The van der Waals surface area contributed by atoms with Gasteiger partial charge in [-0.15, -0.1) is 0 Å². The second-order valence-corrected chi connectivity index (χ2v) is 7.53. The molecule has 1 N–H and O–H groups in total. The van der Waals surface area contributed by atoms with Gasteiger partial charge in [-0.1, -0.05) is 13.8 Å². The van der Waals surface area contributed by atoms with Crippen molar-refractivity contribution in [2.75, 3.05) is 6.61 Å². The maximum absolute atomic E-state index is 13.3. The maximum Gasteiger partial charge on any atom is 0.281 e. The first-order valence-electron chi connectivity index (χ1n) is 9.48. The number of aromatic nitrogens is 2. The van der Waals surface area contributed by atoms with Gasteiger partial charge in [-0.3, -0.25) is 9.78 Å². The minimum atomic E-state index is -2.87. The molecular weight excluding hydrogens is 396 g/mol. The van der Waals surface area contributed by atoms with Crippen molar-refractivity contribution in [2.24, 2.45) is 13.0 Å². The quantitative estimate of drug-likeness (QED) is 0.595. The van der Waals surface area contributed by atoms with E-state index in [-0.39, 0.29) is 17.9 Å². The molecule has 0 aliphatic rings. The van der Waals surface area contributed by atoms with Crippen LogP contribution in [0.4, 0.5) is 13.6 Å². The first-order chi connectivity index (χ1) is 14.2. The number of carboxylic acid groups (broad SMARTS) is 1. The topological polar surface area (TPSA) is 96.3 Å². The Morgan fingerprint density at radius 2 is 2.00 bits per heavy atom. The number of carbonyl (C=O) groups is 1. The maximum atomic E-state index is 13.3. The van der Waals surface area contributed by atoms with Crippen LogP contribution in [0.3, 0.4) is 0 Å². The van der Waals surface area contributed by atoms with Gasteiger partial charge in [0.2, 0.25) is 0 Å². The molecule has 0 fully saturated rings.